The number of rotatable bonds is 9. The number of unbranched alkanes of at least 4 members (excludes halogenated alkanes) is 1. The van der Waals surface area contributed by atoms with Crippen molar-refractivity contribution in [3.63, 3.8) is 0 Å². The third-order valence-corrected chi connectivity index (χ3v) is 4.49. The molecule has 1 aliphatic heterocycles. The lowest BCUT2D eigenvalue weighted by atomic mass is 9.88. The van der Waals surface area contributed by atoms with Gasteiger partial charge in [0.25, 0.3) is 0 Å². The molecule has 1 heterocycles. The maximum absolute atomic E-state index is 12.3. The van der Waals surface area contributed by atoms with Gasteiger partial charge in [-0.1, -0.05) is 12.1 Å². The maximum Gasteiger partial charge on any atom is 0.307 e. The Hall–Kier alpha value is -2.08. The smallest absolute Gasteiger partial charge is 0.307 e. The highest BCUT2D eigenvalue weighted by Crippen LogP contribution is 2.24. The molecule has 0 aromatic heterocycles. The van der Waals surface area contributed by atoms with E-state index in [0.717, 1.165) is 37.0 Å². The minimum atomic E-state index is -0.638. The molecule has 0 aliphatic carbocycles. The topological polar surface area (TPSA) is 73.9 Å². The molecular weight excluding hydrogens is 334 g/mol. The van der Waals surface area contributed by atoms with Gasteiger partial charge in [-0.25, -0.2) is 0 Å². The summed E-state index contributed by atoms with van der Waals surface area (Å²) in [5.74, 6) is 0.461. The standard InChI is InChI=1S/C20H29NO5/c1-16-7-5-8-17(13-16)26-12-4-3-9-18(22)21-20(14-19(23)24-2)10-6-11-25-15-20/h5,7-8,13H,3-4,6,9-12,14-15H2,1-2H3,(H,21,22)/t20-/m1/s1. The lowest BCUT2D eigenvalue weighted by molar-refractivity contribution is -0.144. The SMILES string of the molecule is COC(=O)C[C@]1(NC(=O)CCCCOc2cccc(C)c2)CCCOC1. The number of benzene rings is 1. The summed E-state index contributed by atoms with van der Waals surface area (Å²) in [6.07, 6.45) is 3.62. The number of nitrogens with one attached hydrogen (secondary N) is 1. The molecule has 1 fully saturated rings. The lowest BCUT2D eigenvalue weighted by Gasteiger charge is -2.37. The van der Waals surface area contributed by atoms with Crippen molar-refractivity contribution in [2.75, 3.05) is 26.9 Å². The second-order valence-corrected chi connectivity index (χ2v) is 6.86. The van der Waals surface area contributed by atoms with E-state index in [1.807, 2.05) is 31.2 Å². The van der Waals surface area contributed by atoms with Gasteiger partial charge in [0.05, 0.1) is 32.3 Å². The first-order valence-electron chi connectivity index (χ1n) is 9.18. The molecule has 1 aromatic carbocycles. The predicted molar refractivity (Wildman–Crippen MR) is 98.1 cm³/mol. The van der Waals surface area contributed by atoms with Crippen LogP contribution < -0.4 is 10.1 Å². The van der Waals surface area contributed by atoms with E-state index in [1.54, 1.807) is 0 Å². The highest BCUT2D eigenvalue weighted by molar-refractivity contribution is 5.78. The molecule has 6 nitrogen and oxygen atoms in total. The van der Waals surface area contributed by atoms with Gasteiger partial charge in [-0.15, -0.1) is 0 Å². The van der Waals surface area contributed by atoms with Gasteiger partial charge >= 0.3 is 5.97 Å². The average molecular weight is 363 g/mol. The van der Waals surface area contributed by atoms with Crippen LogP contribution >= 0.6 is 0 Å². The number of carbonyl (C=O) groups is 2. The Morgan fingerprint density at radius 3 is 2.85 bits per heavy atom. The fourth-order valence-corrected chi connectivity index (χ4v) is 3.12. The van der Waals surface area contributed by atoms with Crippen LogP contribution in [-0.2, 0) is 19.1 Å². The van der Waals surface area contributed by atoms with Gasteiger partial charge in [0, 0.05) is 13.0 Å². The number of methoxy groups -OCH3 is 1. The molecule has 1 amide bonds. The van der Waals surface area contributed by atoms with Gasteiger partial charge < -0.3 is 19.5 Å². The van der Waals surface area contributed by atoms with Crippen molar-refractivity contribution in [3.8, 4) is 5.75 Å². The second-order valence-electron chi connectivity index (χ2n) is 6.86. The van der Waals surface area contributed by atoms with Crippen molar-refractivity contribution >= 4 is 11.9 Å². The van der Waals surface area contributed by atoms with Crippen LogP contribution in [0.25, 0.3) is 0 Å². The van der Waals surface area contributed by atoms with E-state index in [2.05, 4.69) is 5.32 Å². The molecule has 1 aliphatic rings. The molecule has 1 saturated heterocycles. The molecule has 26 heavy (non-hydrogen) atoms. The fourth-order valence-electron chi connectivity index (χ4n) is 3.12. The van der Waals surface area contributed by atoms with Crippen LogP contribution in [0.3, 0.4) is 0 Å². The van der Waals surface area contributed by atoms with Crippen LogP contribution in [0.2, 0.25) is 0 Å². The molecule has 0 spiro atoms. The Morgan fingerprint density at radius 2 is 2.15 bits per heavy atom. The summed E-state index contributed by atoms with van der Waals surface area (Å²) >= 11 is 0. The number of ether oxygens (including phenoxy) is 3. The van der Waals surface area contributed by atoms with E-state index < -0.39 is 5.54 Å². The molecule has 0 saturated carbocycles. The van der Waals surface area contributed by atoms with E-state index in [1.165, 1.54) is 7.11 Å². The largest absolute Gasteiger partial charge is 0.494 e. The number of esters is 1. The highest BCUT2D eigenvalue weighted by atomic mass is 16.5. The van der Waals surface area contributed by atoms with Crippen LogP contribution in [0.1, 0.15) is 44.1 Å². The van der Waals surface area contributed by atoms with Crippen molar-refractivity contribution in [3.05, 3.63) is 29.8 Å². The van der Waals surface area contributed by atoms with Crippen molar-refractivity contribution in [1.82, 2.24) is 5.32 Å². The summed E-state index contributed by atoms with van der Waals surface area (Å²) in [4.78, 5) is 24.0. The highest BCUT2D eigenvalue weighted by Gasteiger charge is 2.37. The number of hydrogen-bond donors (Lipinski definition) is 1. The van der Waals surface area contributed by atoms with Gasteiger partial charge in [-0.05, 0) is 50.3 Å². The first-order valence-corrected chi connectivity index (χ1v) is 9.18. The first-order chi connectivity index (χ1) is 12.5. The molecule has 6 heteroatoms. The second kappa shape index (κ2) is 10.2. The zero-order valence-corrected chi connectivity index (χ0v) is 15.7. The summed E-state index contributed by atoms with van der Waals surface area (Å²) in [5.41, 5.74) is 0.521. The van der Waals surface area contributed by atoms with Crippen LogP contribution in [0.4, 0.5) is 0 Å². The zero-order valence-electron chi connectivity index (χ0n) is 15.7. The maximum atomic E-state index is 12.3. The number of aryl methyl sites for hydroxylation is 1. The predicted octanol–water partition coefficient (Wildman–Crippen LogP) is 2.77. The van der Waals surface area contributed by atoms with E-state index in [9.17, 15) is 9.59 Å². The Labute approximate surface area is 155 Å². The number of carbonyl (C=O) groups excluding carboxylic acids is 2. The fraction of sp³-hybridized carbons (Fsp3) is 0.600. The van der Waals surface area contributed by atoms with Gasteiger partial charge in [0.2, 0.25) is 5.91 Å². The number of amides is 1. The third kappa shape index (κ3) is 6.67. The van der Waals surface area contributed by atoms with Gasteiger partial charge in [0.15, 0.2) is 0 Å². The van der Waals surface area contributed by atoms with Crippen molar-refractivity contribution in [2.24, 2.45) is 0 Å². The molecule has 1 atom stereocenters. The Balaban J connectivity index is 1.71. The van der Waals surface area contributed by atoms with Crippen LogP contribution in [0.5, 0.6) is 5.75 Å². The minimum Gasteiger partial charge on any atom is -0.494 e. The van der Waals surface area contributed by atoms with Crippen molar-refractivity contribution in [2.45, 2.75) is 51.0 Å². The molecule has 1 aromatic rings. The van der Waals surface area contributed by atoms with Crippen molar-refractivity contribution < 1.29 is 23.8 Å². The Morgan fingerprint density at radius 1 is 1.31 bits per heavy atom. The average Bonchev–Trinajstić information content (AvgIpc) is 2.62. The van der Waals surface area contributed by atoms with Crippen LogP contribution in [0.15, 0.2) is 24.3 Å². The van der Waals surface area contributed by atoms with E-state index >= 15 is 0 Å². The minimum absolute atomic E-state index is 0.0602. The Bertz CT molecular complexity index is 596. The number of hydrogen-bond acceptors (Lipinski definition) is 5. The van der Waals surface area contributed by atoms with Crippen LogP contribution in [0, 0.1) is 6.92 Å². The molecule has 2 rings (SSSR count). The summed E-state index contributed by atoms with van der Waals surface area (Å²) in [6.45, 7) is 3.61. The lowest BCUT2D eigenvalue weighted by Crippen LogP contribution is -2.55. The quantitative estimate of drug-likeness (QED) is 0.539. The molecule has 0 bridgehead atoms. The van der Waals surface area contributed by atoms with E-state index in [-0.39, 0.29) is 18.3 Å². The zero-order chi connectivity index (χ0) is 18.8. The van der Waals surface area contributed by atoms with Crippen molar-refractivity contribution in [1.29, 1.82) is 0 Å². The summed E-state index contributed by atoms with van der Waals surface area (Å²) < 4.78 is 15.9. The van der Waals surface area contributed by atoms with E-state index in [0.29, 0.717) is 26.2 Å². The van der Waals surface area contributed by atoms with Gasteiger partial charge in [-0.2, -0.15) is 0 Å². The van der Waals surface area contributed by atoms with E-state index in [4.69, 9.17) is 14.2 Å². The Kier molecular flexibility index (Phi) is 7.91. The first kappa shape index (κ1) is 20.2. The monoisotopic (exact) mass is 363 g/mol. The van der Waals surface area contributed by atoms with Crippen LogP contribution in [-0.4, -0.2) is 44.3 Å². The summed E-state index contributed by atoms with van der Waals surface area (Å²) in [7, 11) is 1.36. The molecular formula is C20H29NO5. The molecule has 0 unspecified atom stereocenters. The molecule has 144 valence electrons. The van der Waals surface area contributed by atoms with Gasteiger partial charge in [-0.3, -0.25) is 9.59 Å². The summed E-state index contributed by atoms with van der Waals surface area (Å²) in [5, 5.41) is 3.01. The van der Waals surface area contributed by atoms with Gasteiger partial charge in [0.1, 0.15) is 5.75 Å². The third-order valence-electron chi connectivity index (χ3n) is 4.49. The molecule has 0 radical (unpaired) electrons. The summed E-state index contributed by atoms with van der Waals surface area (Å²) in [6, 6.07) is 7.91. The molecule has 1 N–H and O–H groups in total. The normalized spacial score (nSPS) is 19.6.